The minimum Gasteiger partial charge on any atom is -0.360 e. The molecule has 0 saturated carbocycles. The number of benzene rings is 2. The number of aromatic nitrogens is 5. The van der Waals surface area contributed by atoms with Gasteiger partial charge in [0, 0.05) is 32.9 Å². The largest absolute Gasteiger partial charge is 0.360 e. The van der Waals surface area contributed by atoms with Crippen LogP contribution in [-0.2, 0) is 13.1 Å². The maximum absolute atomic E-state index is 5.17. The molecule has 7 nitrogen and oxygen atoms in total. The van der Waals surface area contributed by atoms with Gasteiger partial charge >= 0.3 is 0 Å². The lowest BCUT2D eigenvalue weighted by molar-refractivity contribution is 0.766. The van der Waals surface area contributed by atoms with Crippen molar-refractivity contribution in [2.24, 2.45) is 4.99 Å². The molecule has 8 rings (SSSR count). The summed E-state index contributed by atoms with van der Waals surface area (Å²) in [7, 11) is 0. The minimum absolute atomic E-state index is 0.587. The molecular formula is C48H40IN7. The number of aryl methyl sites for hydroxylation is 2. The number of hydrogen-bond acceptors (Lipinski definition) is 6. The monoisotopic (exact) mass is 841 g/mol. The molecule has 0 fully saturated rings. The minimum atomic E-state index is 0.587. The summed E-state index contributed by atoms with van der Waals surface area (Å²) in [6.07, 6.45) is 9.99. The molecule has 0 saturated heterocycles. The van der Waals surface area contributed by atoms with E-state index in [0.29, 0.717) is 13.1 Å². The Morgan fingerprint density at radius 2 is 1.27 bits per heavy atom. The quantitative estimate of drug-likeness (QED) is 0.131. The molecule has 6 heterocycles. The van der Waals surface area contributed by atoms with E-state index in [2.05, 4.69) is 148 Å². The number of hydrogen-bond donors (Lipinski definition) is 1. The zero-order valence-electron chi connectivity index (χ0n) is 31.5. The number of rotatable bonds is 11. The third kappa shape index (κ3) is 8.50. The van der Waals surface area contributed by atoms with Gasteiger partial charge in [0.25, 0.3) is 0 Å². The van der Waals surface area contributed by atoms with Gasteiger partial charge in [0.15, 0.2) is 0 Å². The standard InChI is InChI=1S/C48H40IN7/c1-32-28-34(3)52-47(32)46(36-19-21-37(49)22-20-36)48-33(2)29-38(55-48)23-16-35-17-24-41(25-18-35)56(30-39-10-8-14-44(53-39)42-12-4-6-26-50-42)31-40-11-9-15-45(54-40)43-13-5-7-27-51-43/h4-29,52H,30-31H2,1-3H3/b23-16+,48-46+. The summed E-state index contributed by atoms with van der Waals surface area (Å²) < 4.78 is 1.20. The van der Waals surface area contributed by atoms with Crippen molar-refractivity contribution in [3.63, 3.8) is 0 Å². The van der Waals surface area contributed by atoms with Crippen LogP contribution in [0.5, 0.6) is 0 Å². The first-order valence-electron chi connectivity index (χ1n) is 18.6. The van der Waals surface area contributed by atoms with Crippen molar-refractivity contribution in [3.8, 4) is 22.8 Å². The number of nitrogens with one attached hydrogen (secondary N) is 1. The van der Waals surface area contributed by atoms with Crippen molar-refractivity contribution < 1.29 is 0 Å². The number of halogens is 1. The molecule has 8 heteroatoms. The van der Waals surface area contributed by atoms with Crippen molar-refractivity contribution in [3.05, 3.63) is 206 Å². The van der Waals surface area contributed by atoms with Gasteiger partial charge in [0.2, 0.25) is 0 Å². The summed E-state index contributed by atoms with van der Waals surface area (Å²) in [5.74, 6) is 0. The summed E-state index contributed by atoms with van der Waals surface area (Å²) in [5, 5.41) is 0. The highest BCUT2D eigenvalue weighted by Gasteiger charge is 2.21. The smallest absolute Gasteiger partial charge is 0.0890 e. The number of aromatic amines is 1. The van der Waals surface area contributed by atoms with Gasteiger partial charge < -0.3 is 9.88 Å². The Bertz CT molecular complexity index is 2520. The second-order valence-electron chi connectivity index (χ2n) is 13.8. The molecule has 0 radical (unpaired) electrons. The van der Waals surface area contributed by atoms with Crippen molar-refractivity contribution in [1.82, 2.24) is 24.9 Å². The van der Waals surface area contributed by atoms with E-state index in [9.17, 15) is 0 Å². The van der Waals surface area contributed by atoms with Gasteiger partial charge in [-0.05, 0) is 157 Å². The number of anilines is 1. The molecule has 0 atom stereocenters. The lowest BCUT2D eigenvalue weighted by Crippen LogP contribution is -2.23. The van der Waals surface area contributed by atoms with Crippen LogP contribution in [0.25, 0.3) is 34.4 Å². The maximum atomic E-state index is 5.17. The second-order valence-corrected chi connectivity index (χ2v) is 15.1. The Morgan fingerprint density at radius 1 is 0.661 bits per heavy atom. The Labute approximate surface area is 341 Å². The summed E-state index contributed by atoms with van der Waals surface area (Å²) in [6, 6.07) is 43.5. The number of allylic oxidation sites excluding steroid dienone is 3. The lowest BCUT2D eigenvalue weighted by atomic mass is 9.96. The molecule has 1 aliphatic rings. The maximum Gasteiger partial charge on any atom is 0.0890 e. The summed E-state index contributed by atoms with van der Waals surface area (Å²) >= 11 is 2.35. The van der Waals surface area contributed by atoms with Crippen molar-refractivity contribution in [2.45, 2.75) is 33.9 Å². The van der Waals surface area contributed by atoms with E-state index in [1.54, 1.807) is 12.4 Å². The first kappa shape index (κ1) is 36.7. The highest BCUT2D eigenvalue weighted by molar-refractivity contribution is 14.1. The van der Waals surface area contributed by atoms with Gasteiger partial charge in [-0.25, -0.2) is 15.0 Å². The molecule has 0 aliphatic carbocycles. The third-order valence-electron chi connectivity index (χ3n) is 9.63. The summed E-state index contributed by atoms with van der Waals surface area (Å²) in [6.45, 7) is 7.57. The van der Waals surface area contributed by atoms with Gasteiger partial charge in [-0.1, -0.05) is 54.6 Å². The molecule has 0 bridgehead atoms. The molecule has 0 unspecified atom stereocenters. The van der Waals surface area contributed by atoms with E-state index in [-0.39, 0.29) is 0 Å². The normalized spacial score (nSPS) is 13.5. The molecule has 5 aromatic heterocycles. The fourth-order valence-corrected chi connectivity index (χ4v) is 7.30. The molecular weight excluding hydrogens is 801 g/mol. The summed E-state index contributed by atoms with van der Waals surface area (Å²) in [5.41, 5.74) is 16.2. The fraction of sp³-hybridized carbons (Fsp3) is 0.104. The third-order valence-corrected chi connectivity index (χ3v) is 10.3. The average molecular weight is 842 g/mol. The summed E-state index contributed by atoms with van der Waals surface area (Å²) in [4.78, 5) is 30.2. The number of nitrogens with zero attached hydrogens (tertiary/aromatic N) is 6. The van der Waals surface area contributed by atoms with E-state index in [1.165, 1.54) is 9.13 Å². The molecule has 0 amide bonds. The first-order valence-corrected chi connectivity index (χ1v) is 19.7. The first-order chi connectivity index (χ1) is 27.4. The van der Waals surface area contributed by atoms with Crippen LogP contribution in [0, 0.1) is 17.4 Å². The highest BCUT2D eigenvalue weighted by Crippen LogP contribution is 2.35. The van der Waals surface area contributed by atoms with E-state index in [1.807, 2.05) is 60.7 Å². The Hall–Kier alpha value is -6.26. The number of H-pyrrole nitrogens is 1. The number of aliphatic imine (C=N–C) groups is 1. The SMILES string of the molecule is CC1=CC(/C=C/c2ccc(N(Cc3cccc(-c4ccccn4)n3)Cc3cccc(-c4ccccn4)n3)cc2)=NC/1=C(\c1ccc(I)cc1)c1[nH]c(C)cc1C. The Morgan fingerprint density at radius 3 is 1.82 bits per heavy atom. The zero-order chi connectivity index (χ0) is 38.4. The van der Waals surface area contributed by atoms with Crippen LogP contribution in [-0.4, -0.2) is 30.6 Å². The lowest BCUT2D eigenvalue weighted by Gasteiger charge is -2.25. The average Bonchev–Trinajstić information content (AvgIpc) is 3.77. The topological polar surface area (TPSA) is 82.9 Å². The van der Waals surface area contributed by atoms with Crippen molar-refractivity contribution in [2.75, 3.05) is 4.90 Å². The van der Waals surface area contributed by atoms with Gasteiger partial charge in [-0.15, -0.1) is 0 Å². The van der Waals surface area contributed by atoms with E-state index >= 15 is 0 Å². The van der Waals surface area contributed by atoms with Crippen molar-refractivity contribution in [1.29, 1.82) is 0 Å². The van der Waals surface area contributed by atoms with Gasteiger partial charge in [0.05, 0.1) is 64.4 Å². The van der Waals surface area contributed by atoms with Crippen molar-refractivity contribution >= 4 is 45.6 Å². The molecule has 0 spiro atoms. The van der Waals surface area contributed by atoms with Crippen LogP contribution in [0.1, 0.15) is 46.4 Å². The zero-order valence-corrected chi connectivity index (χ0v) is 33.6. The van der Waals surface area contributed by atoms with Crippen LogP contribution in [0.4, 0.5) is 5.69 Å². The predicted molar refractivity (Wildman–Crippen MR) is 237 cm³/mol. The van der Waals surface area contributed by atoms with E-state index in [0.717, 1.165) is 84.9 Å². The molecule has 1 aliphatic heterocycles. The Kier molecular flexibility index (Phi) is 10.9. The molecule has 7 aromatic rings. The van der Waals surface area contributed by atoms with Crippen LogP contribution >= 0.6 is 22.6 Å². The fourth-order valence-electron chi connectivity index (χ4n) is 6.94. The highest BCUT2D eigenvalue weighted by atomic mass is 127. The van der Waals surface area contributed by atoms with E-state index in [4.69, 9.17) is 15.0 Å². The van der Waals surface area contributed by atoms with Crippen LogP contribution in [0.2, 0.25) is 0 Å². The molecule has 2 aromatic carbocycles. The Balaban J connectivity index is 1.08. The van der Waals surface area contributed by atoms with Crippen LogP contribution in [0.15, 0.2) is 168 Å². The molecule has 274 valence electrons. The van der Waals surface area contributed by atoms with Gasteiger partial charge in [-0.3, -0.25) is 9.97 Å². The van der Waals surface area contributed by atoms with Gasteiger partial charge in [-0.2, -0.15) is 0 Å². The molecule has 56 heavy (non-hydrogen) atoms. The molecule has 1 N–H and O–H groups in total. The van der Waals surface area contributed by atoms with Gasteiger partial charge in [0.1, 0.15) is 0 Å². The second kappa shape index (κ2) is 16.6. The van der Waals surface area contributed by atoms with Crippen LogP contribution < -0.4 is 4.90 Å². The number of pyridine rings is 4. The van der Waals surface area contributed by atoms with E-state index < -0.39 is 0 Å². The van der Waals surface area contributed by atoms with Crippen LogP contribution in [0.3, 0.4) is 0 Å². The predicted octanol–water partition coefficient (Wildman–Crippen LogP) is 11.2.